The van der Waals surface area contributed by atoms with Gasteiger partial charge in [0, 0.05) is 12.0 Å². The average Bonchev–Trinajstić information content (AvgIpc) is 2.37. The van der Waals surface area contributed by atoms with Gasteiger partial charge in [-0.3, -0.25) is 4.79 Å². The fraction of sp³-hybridized carbons (Fsp3) is 0.500. The molecule has 0 saturated heterocycles. The highest BCUT2D eigenvalue weighted by Crippen LogP contribution is 2.42. The molecule has 0 aromatic heterocycles. The number of carbonyl (C=O) groups excluding carboxylic acids is 1. The van der Waals surface area contributed by atoms with E-state index in [1.165, 1.54) is 12.1 Å². The van der Waals surface area contributed by atoms with Crippen LogP contribution < -0.4 is 9.47 Å². The van der Waals surface area contributed by atoms with Crippen molar-refractivity contribution in [3.8, 4) is 11.5 Å². The molecule has 0 radical (unpaired) electrons. The predicted molar refractivity (Wildman–Crippen MR) is 65.8 cm³/mol. The van der Waals surface area contributed by atoms with Crippen molar-refractivity contribution in [2.45, 2.75) is 45.1 Å². The molecule has 0 fully saturated rings. The summed E-state index contributed by atoms with van der Waals surface area (Å²) in [5, 5.41) is 0. The van der Waals surface area contributed by atoms with E-state index in [0.29, 0.717) is 18.4 Å². The van der Waals surface area contributed by atoms with Gasteiger partial charge in [0.25, 0.3) is 0 Å². The second-order valence-electron chi connectivity index (χ2n) is 4.70. The molecular weight excluding hydrogens is 273 g/mol. The van der Waals surface area contributed by atoms with Crippen LogP contribution in [0.25, 0.3) is 0 Å². The zero-order valence-electron chi connectivity index (χ0n) is 11.2. The number of benzene rings is 1. The number of carbonyl (C=O) groups is 1. The smallest absolute Gasteiger partial charge is 0.475 e. The molecule has 1 aromatic rings. The molecule has 3 nitrogen and oxygen atoms in total. The summed E-state index contributed by atoms with van der Waals surface area (Å²) >= 11 is 0. The summed E-state index contributed by atoms with van der Waals surface area (Å²) < 4.78 is 46.8. The van der Waals surface area contributed by atoms with Gasteiger partial charge in [0.2, 0.25) is 0 Å². The highest BCUT2D eigenvalue weighted by molar-refractivity contribution is 5.92. The first-order valence-electron chi connectivity index (χ1n) is 6.41. The molecule has 0 aliphatic carbocycles. The summed E-state index contributed by atoms with van der Waals surface area (Å²) in [6, 6.07) is 4.19. The van der Waals surface area contributed by atoms with Crippen LogP contribution in [0.15, 0.2) is 18.2 Å². The van der Waals surface area contributed by atoms with Crippen molar-refractivity contribution in [2.24, 2.45) is 0 Å². The van der Waals surface area contributed by atoms with Crippen LogP contribution in [0, 0.1) is 0 Å². The molecule has 6 heteroatoms. The molecule has 2 rings (SSSR count). The number of hydrogen-bond acceptors (Lipinski definition) is 3. The van der Waals surface area contributed by atoms with Crippen LogP contribution in [-0.2, 0) is 11.2 Å². The van der Waals surface area contributed by atoms with Crippen LogP contribution in [0.5, 0.6) is 11.5 Å². The van der Waals surface area contributed by atoms with Gasteiger partial charge in [0.15, 0.2) is 22.9 Å². The first-order valence-corrected chi connectivity index (χ1v) is 6.41. The standard InChI is InChI=1S/C14H15F3O3/c1-3-13(4-2)11(18)8-9-6-5-7-10(12(9)20-13)19-14(15,16)17/h5-7H,3-4,8H2,1-2H3. The highest BCUT2D eigenvalue weighted by atomic mass is 19.4. The van der Waals surface area contributed by atoms with Crippen molar-refractivity contribution in [3.05, 3.63) is 23.8 Å². The SMILES string of the molecule is CCC1(CC)Oc2c(cccc2OC(F)(F)F)CC1=O. The molecule has 0 saturated carbocycles. The van der Waals surface area contributed by atoms with Crippen molar-refractivity contribution >= 4 is 5.78 Å². The fourth-order valence-corrected chi connectivity index (χ4v) is 2.40. The number of Topliss-reactive ketones (excluding diaryl/α,β-unsaturated/α-hetero) is 1. The van der Waals surface area contributed by atoms with Gasteiger partial charge in [-0.25, -0.2) is 0 Å². The van der Waals surface area contributed by atoms with E-state index in [-0.39, 0.29) is 18.0 Å². The summed E-state index contributed by atoms with van der Waals surface area (Å²) in [5.41, 5.74) is -0.632. The Bertz CT molecular complexity index is 519. The number of para-hydroxylation sites is 1. The van der Waals surface area contributed by atoms with Crippen LogP contribution in [0.1, 0.15) is 32.3 Å². The first kappa shape index (κ1) is 14.7. The molecule has 110 valence electrons. The van der Waals surface area contributed by atoms with Crippen LogP contribution in [-0.4, -0.2) is 17.7 Å². The van der Waals surface area contributed by atoms with Gasteiger partial charge in [-0.05, 0) is 18.9 Å². The summed E-state index contributed by atoms with van der Waals surface area (Å²) in [6.45, 7) is 3.55. The third-order valence-corrected chi connectivity index (χ3v) is 3.58. The molecule has 1 aliphatic heterocycles. The number of alkyl halides is 3. The Morgan fingerprint density at radius 1 is 1.30 bits per heavy atom. The Balaban J connectivity index is 2.44. The van der Waals surface area contributed by atoms with Crippen LogP contribution in [0.2, 0.25) is 0 Å². The fourth-order valence-electron chi connectivity index (χ4n) is 2.40. The van der Waals surface area contributed by atoms with E-state index in [4.69, 9.17) is 4.74 Å². The average molecular weight is 288 g/mol. The van der Waals surface area contributed by atoms with E-state index >= 15 is 0 Å². The Hall–Kier alpha value is -1.72. The third-order valence-electron chi connectivity index (χ3n) is 3.58. The summed E-state index contributed by atoms with van der Waals surface area (Å²) in [6.07, 6.45) is -3.92. The molecule has 0 N–H and O–H groups in total. The Labute approximate surface area is 114 Å². The quantitative estimate of drug-likeness (QED) is 0.851. The molecule has 20 heavy (non-hydrogen) atoms. The Morgan fingerprint density at radius 3 is 2.50 bits per heavy atom. The van der Waals surface area contributed by atoms with Crippen LogP contribution in [0.3, 0.4) is 0 Å². The first-order chi connectivity index (χ1) is 9.31. The van der Waals surface area contributed by atoms with Crippen LogP contribution in [0.4, 0.5) is 13.2 Å². The summed E-state index contributed by atoms with van der Waals surface area (Å²) in [4.78, 5) is 12.1. The number of halogens is 3. The van der Waals surface area contributed by atoms with E-state index in [9.17, 15) is 18.0 Å². The minimum Gasteiger partial charge on any atom is -0.475 e. The van der Waals surface area contributed by atoms with E-state index < -0.39 is 17.7 Å². The minimum atomic E-state index is -4.79. The lowest BCUT2D eigenvalue weighted by Gasteiger charge is -2.36. The zero-order chi connectivity index (χ0) is 15.0. The van der Waals surface area contributed by atoms with Crippen molar-refractivity contribution in [2.75, 3.05) is 0 Å². The monoisotopic (exact) mass is 288 g/mol. The number of ketones is 1. The van der Waals surface area contributed by atoms with Gasteiger partial charge in [0.05, 0.1) is 0 Å². The molecule has 1 heterocycles. The number of rotatable bonds is 3. The normalized spacial score (nSPS) is 17.4. The van der Waals surface area contributed by atoms with E-state index in [2.05, 4.69) is 4.74 Å². The van der Waals surface area contributed by atoms with Crippen molar-refractivity contribution in [1.29, 1.82) is 0 Å². The lowest BCUT2D eigenvalue weighted by molar-refractivity contribution is -0.275. The minimum absolute atomic E-state index is 0.0214. The second kappa shape index (κ2) is 5.00. The van der Waals surface area contributed by atoms with Crippen LogP contribution >= 0.6 is 0 Å². The lowest BCUT2D eigenvalue weighted by Crippen LogP contribution is -2.47. The predicted octanol–water partition coefficient (Wildman–Crippen LogP) is 3.65. The van der Waals surface area contributed by atoms with Crippen molar-refractivity contribution in [1.82, 2.24) is 0 Å². The number of ether oxygens (including phenoxy) is 2. The van der Waals surface area contributed by atoms with Crippen molar-refractivity contribution < 1.29 is 27.4 Å². The zero-order valence-corrected chi connectivity index (χ0v) is 11.2. The molecule has 0 bridgehead atoms. The molecule has 0 unspecified atom stereocenters. The van der Waals surface area contributed by atoms with Gasteiger partial charge >= 0.3 is 6.36 Å². The molecule has 0 amide bonds. The van der Waals surface area contributed by atoms with Gasteiger partial charge in [-0.2, -0.15) is 0 Å². The van der Waals surface area contributed by atoms with Gasteiger partial charge < -0.3 is 9.47 Å². The summed E-state index contributed by atoms with van der Waals surface area (Å²) in [7, 11) is 0. The molecule has 1 aliphatic rings. The maximum absolute atomic E-state index is 12.4. The topological polar surface area (TPSA) is 35.5 Å². The van der Waals surface area contributed by atoms with Gasteiger partial charge in [-0.15, -0.1) is 13.2 Å². The van der Waals surface area contributed by atoms with E-state index in [1.54, 1.807) is 19.9 Å². The summed E-state index contributed by atoms with van der Waals surface area (Å²) in [5.74, 6) is -0.485. The molecule has 1 aromatic carbocycles. The molecule has 0 atom stereocenters. The Kier molecular flexibility index (Phi) is 3.67. The highest BCUT2D eigenvalue weighted by Gasteiger charge is 2.43. The third kappa shape index (κ3) is 2.59. The number of hydrogen-bond donors (Lipinski definition) is 0. The van der Waals surface area contributed by atoms with Crippen molar-refractivity contribution in [3.63, 3.8) is 0 Å². The maximum atomic E-state index is 12.4. The van der Waals surface area contributed by atoms with Gasteiger partial charge in [-0.1, -0.05) is 26.0 Å². The molecular formula is C14H15F3O3. The van der Waals surface area contributed by atoms with E-state index in [1.807, 2.05) is 0 Å². The molecule has 0 spiro atoms. The Morgan fingerprint density at radius 2 is 1.95 bits per heavy atom. The maximum Gasteiger partial charge on any atom is 0.573 e. The van der Waals surface area contributed by atoms with Gasteiger partial charge in [0.1, 0.15) is 0 Å². The lowest BCUT2D eigenvalue weighted by atomic mass is 9.85. The second-order valence-corrected chi connectivity index (χ2v) is 4.70. The van der Waals surface area contributed by atoms with E-state index in [0.717, 1.165) is 0 Å². The number of fused-ring (bicyclic) bond motifs is 1. The largest absolute Gasteiger partial charge is 0.573 e.